The van der Waals surface area contributed by atoms with E-state index >= 15 is 0 Å². The Morgan fingerprint density at radius 2 is 2.08 bits per heavy atom. The lowest BCUT2D eigenvalue weighted by Crippen LogP contribution is -2.35. The molecular formula is C20H22N4O. The summed E-state index contributed by atoms with van der Waals surface area (Å²) in [4.78, 5) is 20.0. The molecule has 5 nitrogen and oxygen atoms in total. The molecule has 0 atom stereocenters. The van der Waals surface area contributed by atoms with Crippen molar-refractivity contribution < 1.29 is 4.79 Å². The second-order valence-electron chi connectivity index (χ2n) is 6.61. The van der Waals surface area contributed by atoms with Gasteiger partial charge in [0.25, 0.3) is 5.91 Å². The number of nitrogens with one attached hydrogen (secondary N) is 3. The van der Waals surface area contributed by atoms with Crippen LogP contribution in [-0.4, -0.2) is 35.5 Å². The van der Waals surface area contributed by atoms with Gasteiger partial charge in [0.1, 0.15) is 0 Å². The van der Waals surface area contributed by atoms with E-state index in [0.29, 0.717) is 11.5 Å². The first-order chi connectivity index (χ1) is 12.3. The average Bonchev–Trinajstić information content (AvgIpc) is 3.11. The van der Waals surface area contributed by atoms with Gasteiger partial charge in [-0.3, -0.25) is 9.78 Å². The molecule has 2 aromatic heterocycles. The Labute approximate surface area is 146 Å². The molecule has 1 saturated heterocycles. The molecule has 0 aliphatic carbocycles. The molecule has 3 aromatic rings. The van der Waals surface area contributed by atoms with Gasteiger partial charge in [0, 0.05) is 41.6 Å². The molecule has 128 valence electrons. The minimum Gasteiger partial charge on any atom is -0.360 e. The maximum Gasteiger partial charge on any atom is 0.253 e. The fourth-order valence-electron chi connectivity index (χ4n) is 3.45. The molecule has 3 N–H and O–H groups in total. The van der Waals surface area contributed by atoms with Gasteiger partial charge in [0.2, 0.25) is 0 Å². The van der Waals surface area contributed by atoms with Crippen molar-refractivity contribution in [3.05, 3.63) is 54.5 Å². The number of benzene rings is 1. The van der Waals surface area contributed by atoms with E-state index in [-0.39, 0.29) is 5.91 Å². The molecule has 0 saturated carbocycles. The number of rotatable bonds is 4. The molecular weight excluding hydrogens is 312 g/mol. The van der Waals surface area contributed by atoms with E-state index in [1.54, 1.807) is 12.4 Å². The zero-order chi connectivity index (χ0) is 17.1. The zero-order valence-corrected chi connectivity index (χ0v) is 14.1. The van der Waals surface area contributed by atoms with Gasteiger partial charge in [-0.1, -0.05) is 18.2 Å². The first-order valence-corrected chi connectivity index (χ1v) is 8.82. The molecule has 0 radical (unpaired) electrons. The fraction of sp³-hybridized carbons (Fsp3) is 0.300. The van der Waals surface area contributed by atoms with Crippen molar-refractivity contribution in [1.82, 2.24) is 20.6 Å². The highest BCUT2D eigenvalue weighted by Crippen LogP contribution is 2.25. The third kappa shape index (κ3) is 3.42. The minimum absolute atomic E-state index is 0.00101. The van der Waals surface area contributed by atoms with Gasteiger partial charge in [0.05, 0.1) is 5.56 Å². The largest absolute Gasteiger partial charge is 0.360 e. The van der Waals surface area contributed by atoms with Crippen molar-refractivity contribution in [1.29, 1.82) is 0 Å². The summed E-state index contributed by atoms with van der Waals surface area (Å²) < 4.78 is 0. The van der Waals surface area contributed by atoms with Crippen LogP contribution in [-0.2, 0) is 0 Å². The molecule has 1 aliphatic heterocycles. The fourth-order valence-corrected chi connectivity index (χ4v) is 3.45. The number of pyridine rings is 1. The maximum atomic E-state index is 12.6. The zero-order valence-electron chi connectivity index (χ0n) is 14.1. The molecule has 1 amide bonds. The topological polar surface area (TPSA) is 69.8 Å². The van der Waals surface area contributed by atoms with E-state index in [0.717, 1.165) is 54.5 Å². The maximum absolute atomic E-state index is 12.6. The molecule has 0 spiro atoms. The van der Waals surface area contributed by atoms with E-state index in [2.05, 4.69) is 26.7 Å². The Bertz CT molecular complexity index is 866. The van der Waals surface area contributed by atoms with Crippen LogP contribution in [0.25, 0.3) is 22.0 Å². The van der Waals surface area contributed by atoms with Crippen molar-refractivity contribution in [2.24, 2.45) is 5.92 Å². The van der Waals surface area contributed by atoms with Crippen LogP contribution in [0.4, 0.5) is 0 Å². The Morgan fingerprint density at radius 3 is 2.88 bits per heavy atom. The summed E-state index contributed by atoms with van der Waals surface area (Å²) in [7, 11) is 0. The summed E-state index contributed by atoms with van der Waals surface area (Å²) in [6, 6.07) is 10.1. The van der Waals surface area contributed by atoms with Gasteiger partial charge < -0.3 is 15.6 Å². The summed E-state index contributed by atoms with van der Waals surface area (Å²) in [5.74, 6) is 0.575. The molecule has 1 aromatic carbocycles. The minimum atomic E-state index is -0.00101. The number of carbonyl (C=O) groups excluding carboxylic acids is 1. The number of H-pyrrole nitrogens is 1. The number of hydrogen-bond acceptors (Lipinski definition) is 3. The van der Waals surface area contributed by atoms with Crippen LogP contribution in [0.1, 0.15) is 23.2 Å². The highest BCUT2D eigenvalue weighted by molar-refractivity contribution is 6.07. The van der Waals surface area contributed by atoms with Crippen molar-refractivity contribution >= 4 is 16.8 Å². The molecule has 0 unspecified atom stereocenters. The lowest BCUT2D eigenvalue weighted by atomic mass is 9.98. The third-order valence-corrected chi connectivity index (χ3v) is 4.93. The van der Waals surface area contributed by atoms with Gasteiger partial charge >= 0.3 is 0 Å². The number of fused-ring (bicyclic) bond motifs is 1. The summed E-state index contributed by atoms with van der Waals surface area (Å²) in [5.41, 5.74) is 3.83. The Morgan fingerprint density at radius 1 is 1.20 bits per heavy atom. The average molecular weight is 334 g/mol. The predicted molar refractivity (Wildman–Crippen MR) is 99.5 cm³/mol. The predicted octanol–water partition coefficient (Wildman–Crippen LogP) is 2.96. The standard InChI is InChI=1S/C20H22N4O/c25-20(24-11-14-5-8-21-9-6-14)18-13-23-19-10-15(3-4-17(18)19)16-2-1-7-22-12-16/h1-4,7,10,12-14,21,23H,5-6,8-9,11H2,(H,24,25). The van der Waals surface area contributed by atoms with E-state index < -0.39 is 0 Å². The van der Waals surface area contributed by atoms with Crippen molar-refractivity contribution in [2.75, 3.05) is 19.6 Å². The van der Waals surface area contributed by atoms with Crippen LogP contribution >= 0.6 is 0 Å². The first kappa shape index (κ1) is 15.8. The van der Waals surface area contributed by atoms with Gasteiger partial charge in [0.15, 0.2) is 0 Å². The number of aromatic amines is 1. The van der Waals surface area contributed by atoms with Gasteiger partial charge in [-0.2, -0.15) is 0 Å². The Balaban J connectivity index is 1.51. The lowest BCUT2D eigenvalue weighted by Gasteiger charge is -2.22. The Kier molecular flexibility index (Phi) is 4.48. The van der Waals surface area contributed by atoms with E-state index in [1.807, 2.05) is 30.5 Å². The second-order valence-corrected chi connectivity index (χ2v) is 6.61. The molecule has 4 rings (SSSR count). The normalized spacial score (nSPS) is 15.4. The number of amides is 1. The van der Waals surface area contributed by atoms with Crippen LogP contribution in [0.5, 0.6) is 0 Å². The SMILES string of the molecule is O=C(NCC1CCNCC1)c1c[nH]c2cc(-c3cccnc3)ccc12. The van der Waals surface area contributed by atoms with Crippen LogP contribution in [0.2, 0.25) is 0 Å². The monoisotopic (exact) mass is 334 g/mol. The summed E-state index contributed by atoms with van der Waals surface area (Å²) in [6.45, 7) is 2.84. The number of hydrogen-bond donors (Lipinski definition) is 3. The molecule has 1 fully saturated rings. The Hall–Kier alpha value is -2.66. The van der Waals surface area contributed by atoms with Gasteiger partial charge in [-0.15, -0.1) is 0 Å². The number of nitrogens with zero attached hydrogens (tertiary/aromatic N) is 1. The first-order valence-electron chi connectivity index (χ1n) is 8.82. The quantitative estimate of drug-likeness (QED) is 0.687. The summed E-state index contributed by atoms with van der Waals surface area (Å²) in [6.07, 6.45) is 7.67. The smallest absolute Gasteiger partial charge is 0.253 e. The molecule has 5 heteroatoms. The number of aromatic nitrogens is 2. The number of piperidine rings is 1. The molecule has 0 bridgehead atoms. The van der Waals surface area contributed by atoms with Gasteiger partial charge in [-0.05, 0) is 49.5 Å². The van der Waals surface area contributed by atoms with Crippen LogP contribution in [0.15, 0.2) is 48.9 Å². The summed E-state index contributed by atoms with van der Waals surface area (Å²) in [5, 5.41) is 7.40. The molecule has 25 heavy (non-hydrogen) atoms. The van der Waals surface area contributed by atoms with E-state index in [4.69, 9.17) is 0 Å². The van der Waals surface area contributed by atoms with Gasteiger partial charge in [-0.25, -0.2) is 0 Å². The lowest BCUT2D eigenvalue weighted by molar-refractivity contribution is 0.0946. The van der Waals surface area contributed by atoms with Crippen molar-refractivity contribution in [3.63, 3.8) is 0 Å². The second kappa shape index (κ2) is 7.07. The highest BCUT2D eigenvalue weighted by atomic mass is 16.1. The van der Waals surface area contributed by atoms with Crippen LogP contribution < -0.4 is 10.6 Å². The van der Waals surface area contributed by atoms with Crippen LogP contribution in [0, 0.1) is 5.92 Å². The van der Waals surface area contributed by atoms with Crippen LogP contribution in [0.3, 0.4) is 0 Å². The van der Waals surface area contributed by atoms with E-state index in [1.165, 1.54) is 0 Å². The van der Waals surface area contributed by atoms with Crippen molar-refractivity contribution in [2.45, 2.75) is 12.8 Å². The third-order valence-electron chi connectivity index (χ3n) is 4.93. The summed E-state index contributed by atoms with van der Waals surface area (Å²) >= 11 is 0. The molecule has 3 heterocycles. The highest BCUT2D eigenvalue weighted by Gasteiger charge is 2.16. The van der Waals surface area contributed by atoms with E-state index in [9.17, 15) is 4.79 Å². The van der Waals surface area contributed by atoms with Crippen molar-refractivity contribution in [3.8, 4) is 11.1 Å². The number of carbonyl (C=O) groups is 1. The molecule has 1 aliphatic rings.